The summed E-state index contributed by atoms with van der Waals surface area (Å²) in [6, 6.07) is 13.3. The Bertz CT molecular complexity index is 1190. The van der Waals surface area contributed by atoms with E-state index in [-0.39, 0.29) is 22.8 Å². The highest BCUT2D eigenvalue weighted by Gasteiger charge is 2.32. The van der Waals surface area contributed by atoms with Crippen LogP contribution in [0.5, 0.6) is 0 Å². The zero-order valence-electron chi connectivity index (χ0n) is 19.5. The van der Waals surface area contributed by atoms with Gasteiger partial charge >= 0.3 is 11.9 Å². The molecule has 2 aromatic carbocycles. The highest BCUT2D eigenvalue weighted by atomic mass is 19.1. The minimum Gasteiger partial charge on any atom is -0.465 e. The van der Waals surface area contributed by atoms with Crippen LogP contribution in [0.15, 0.2) is 48.5 Å². The molecule has 0 unspecified atom stereocenters. The Morgan fingerprint density at radius 3 is 2.29 bits per heavy atom. The molecule has 2 heterocycles. The monoisotopic (exact) mass is 466 g/mol. The van der Waals surface area contributed by atoms with Gasteiger partial charge in [0.1, 0.15) is 17.1 Å². The first kappa shape index (κ1) is 23.6. The van der Waals surface area contributed by atoms with E-state index in [9.17, 15) is 14.0 Å². The number of carbonyl (C=O) groups is 2. The summed E-state index contributed by atoms with van der Waals surface area (Å²) in [4.78, 5) is 30.2. The number of hydrogen-bond donors (Lipinski definition) is 0. The van der Waals surface area contributed by atoms with E-state index in [2.05, 4.69) is 21.9 Å². The topological polar surface area (TPSA) is 76.9 Å². The van der Waals surface area contributed by atoms with E-state index < -0.39 is 11.9 Å². The third-order valence-corrected chi connectivity index (χ3v) is 5.97. The van der Waals surface area contributed by atoms with Crippen molar-refractivity contribution >= 4 is 11.9 Å². The maximum atomic E-state index is 14.3. The Balaban J connectivity index is 1.90. The number of halogens is 1. The molecule has 4 rings (SSSR count). The maximum Gasteiger partial charge on any atom is 0.357 e. The number of likely N-dealkylation sites (N-methyl/N-ethyl adjacent to an activating group) is 1. The third-order valence-electron chi connectivity index (χ3n) is 5.97. The molecule has 0 N–H and O–H groups in total. The van der Waals surface area contributed by atoms with Crippen LogP contribution >= 0.6 is 0 Å². The third kappa shape index (κ3) is 4.71. The van der Waals surface area contributed by atoms with Crippen molar-refractivity contribution in [2.45, 2.75) is 6.54 Å². The normalized spacial score (nSPS) is 14.7. The average molecular weight is 467 g/mol. The molecule has 8 nitrogen and oxygen atoms in total. The second-order valence-corrected chi connectivity index (χ2v) is 8.18. The fourth-order valence-electron chi connectivity index (χ4n) is 4.11. The minimum absolute atomic E-state index is 0.0237. The zero-order chi connectivity index (χ0) is 24.2. The number of methoxy groups -OCH3 is 2. The van der Waals surface area contributed by atoms with Crippen molar-refractivity contribution in [3.63, 3.8) is 0 Å². The Morgan fingerprint density at radius 2 is 1.65 bits per heavy atom. The number of hydrogen-bond acceptors (Lipinski definition) is 7. The van der Waals surface area contributed by atoms with Gasteiger partial charge in [-0.05, 0) is 42.9 Å². The molecule has 3 aromatic rings. The van der Waals surface area contributed by atoms with Crippen LogP contribution in [0.1, 0.15) is 26.4 Å². The molecule has 178 valence electrons. The Kier molecular flexibility index (Phi) is 7.04. The molecule has 1 aliphatic heterocycles. The van der Waals surface area contributed by atoms with Crippen LogP contribution < -0.4 is 0 Å². The molecule has 0 spiro atoms. The molecular weight excluding hydrogens is 439 g/mol. The van der Waals surface area contributed by atoms with Crippen LogP contribution in [0.2, 0.25) is 0 Å². The van der Waals surface area contributed by atoms with E-state index >= 15 is 0 Å². The quantitative estimate of drug-likeness (QED) is 0.517. The number of rotatable bonds is 6. The smallest absolute Gasteiger partial charge is 0.357 e. The lowest BCUT2D eigenvalue weighted by Crippen LogP contribution is -2.43. The van der Waals surface area contributed by atoms with Crippen LogP contribution in [0.25, 0.3) is 16.9 Å². The number of aromatic nitrogens is 2. The van der Waals surface area contributed by atoms with Gasteiger partial charge < -0.3 is 14.4 Å². The number of carbonyl (C=O) groups excluding carboxylic acids is 2. The molecule has 1 fully saturated rings. The molecule has 9 heteroatoms. The van der Waals surface area contributed by atoms with Crippen molar-refractivity contribution in [1.82, 2.24) is 19.6 Å². The van der Waals surface area contributed by atoms with Gasteiger partial charge in [0.15, 0.2) is 5.69 Å². The summed E-state index contributed by atoms with van der Waals surface area (Å²) in [5.41, 5.74) is 1.96. The molecule has 0 radical (unpaired) electrons. The molecule has 1 saturated heterocycles. The Labute approximate surface area is 197 Å². The van der Waals surface area contributed by atoms with Gasteiger partial charge in [-0.15, -0.1) is 0 Å². The van der Waals surface area contributed by atoms with Crippen LogP contribution in [0, 0.1) is 5.82 Å². The van der Waals surface area contributed by atoms with Gasteiger partial charge in [0.25, 0.3) is 0 Å². The molecule has 0 atom stereocenters. The maximum absolute atomic E-state index is 14.3. The van der Waals surface area contributed by atoms with Gasteiger partial charge in [0.2, 0.25) is 0 Å². The highest BCUT2D eigenvalue weighted by molar-refractivity contribution is 6.07. The van der Waals surface area contributed by atoms with Gasteiger partial charge in [-0.25, -0.2) is 18.7 Å². The van der Waals surface area contributed by atoms with E-state index in [1.807, 2.05) is 6.07 Å². The van der Waals surface area contributed by atoms with Crippen molar-refractivity contribution in [1.29, 1.82) is 0 Å². The van der Waals surface area contributed by atoms with E-state index in [1.165, 1.54) is 31.0 Å². The van der Waals surface area contributed by atoms with E-state index in [1.54, 1.807) is 30.3 Å². The van der Waals surface area contributed by atoms with E-state index in [0.717, 1.165) is 26.2 Å². The fourth-order valence-corrected chi connectivity index (χ4v) is 4.11. The van der Waals surface area contributed by atoms with Crippen molar-refractivity contribution in [2.75, 3.05) is 47.4 Å². The van der Waals surface area contributed by atoms with Crippen LogP contribution in [0.4, 0.5) is 4.39 Å². The van der Waals surface area contributed by atoms with Crippen molar-refractivity contribution in [3.05, 3.63) is 71.2 Å². The molecule has 0 amide bonds. The molecule has 1 aromatic heterocycles. The second kappa shape index (κ2) is 10.1. The largest absolute Gasteiger partial charge is 0.465 e. The summed E-state index contributed by atoms with van der Waals surface area (Å²) in [5.74, 6) is -1.85. The molecule has 0 saturated carbocycles. The standard InChI is InChI=1S/C25H27FN4O4/c1-28-11-13-29(14-12-28)16-17-15-18(26)9-10-20(17)22-21(24(31)33-2)23(25(32)34-3)30(27-22)19-7-5-4-6-8-19/h4-10,15H,11-14,16H2,1-3H3. The average Bonchev–Trinajstić information content (AvgIpc) is 3.25. The van der Waals surface area contributed by atoms with Crippen LogP contribution in [0.3, 0.4) is 0 Å². The van der Waals surface area contributed by atoms with Gasteiger partial charge in [-0.3, -0.25) is 4.90 Å². The summed E-state index contributed by atoms with van der Waals surface area (Å²) in [6.45, 7) is 3.97. The Morgan fingerprint density at radius 1 is 0.971 bits per heavy atom. The summed E-state index contributed by atoms with van der Waals surface area (Å²) < 4.78 is 25.7. The summed E-state index contributed by atoms with van der Waals surface area (Å²) >= 11 is 0. The van der Waals surface area contributed by atoms with Crippen LogP contribution in [-0.2, 0) is 16.0 Å². The lowest BCUT2D eigenvalue weighted by molar-refractivity contribution is 0.0549. The van der Waals surface area contributed by atoms with Gasteiger partial charge in [0.05, 0.1) is 19.9 Å². The van der Waals surface area contributed by atoms with Crippen molar-refractivity contribution in [2.24, 2.45) is 0 Å². The number of nitrogens with zero attached hydrogens (tertiary/aromatic N) is 4. The first-order valence-corrected chi connectivity index (χ1v) is 11.0. The molecular formula is C25H27FN4O4. The molecule has 34 heavy (non-hydrogen) atoms. The lowest BCUT2D eigenvalue weighted by Gasteiger charge is -2.32. The molecule has 0 bridgehead atoms. The molecule has 0 aliphatic carbocycles. The van der Waals surface area contributed by atoms with Crippen molar-refractivity contribution < 1.29 is 23.5 Å². The lowest BCUT2D eigenvalue weighted by atomic mass is 9.99. The highest BCUT2D eigenvalue weighted by Crippen LogP contribution is 2.32. The molecule has 1 aliphatic rings. The predicted octanol–water partition coefficient (Wildman–Crippen LogP) is 3.00. The zero-order valence-corrected chi connectivity index (χ0v) is 19.5. The fraction of sp³-hybridized carbons (Fsp3) is 0.320. The number of esters is 2. The van der Waals surface area contributed by atoms with Gasteiger partial charge in [-0.1, -0.05) is 18.2 Å². The summed E-state index contributed by atoms with van der Waals surface area (Å²) in [6.07, 6.45) is 0. The first-order chi connectivity index (χ1) is 16.4. The number of piperazine rings is 1. The second-order valence-electron chi connectivity index (χ2n) is 8.18. The summed E-state index contributed by atoms with van der Waals surface area (Å²) in [5, 5.41) is 4.65. The van der Waals surface area contributed by atoms with Gasteiger partial charge in [-0.2, -0.15) is 5.10 Å². The Hall–Kier alpha value is -3.56. The summed E-state index contributed by atoms with van der Waals surface area (Å²) in [7, 11) is 4.54. The number of benzene rings is 2. The minimum atomic E-state index is -0.731. The van der Waals surface area contributed by atoms with Crippen LogP contribution in [-0.4, -0.2) is 79.0 Å². The van der Waals surface area contributed by atoms with Crippen molar-refractivity contribution in [3.8, 4) is 16.9 Å². The number of para-hydroxylation sites is 1. The van der Waals surface area contributed by atoms with Gasteiger partial charge in [0, 0.05) is 38.3 Å². The SMILES string of the molecule is COC(=O)c1c(-c2ccc(F)cc2CN2CCN(C)CC2)nn(-c2ccccc2)c1C(=O)OC. The van der Waals surface area contributed by atoms with E-state index in [4.69, 9.17) is 9.47 Å². The first-order valence-electron chi connectivity index (χ1n) is 11.0. The number of ether oxygens (including phenoxy) is 2. The predicted molar refractivity (Wildman–Crippen MR) is 124 cm³/mol. The van der Waals surface area contributed by atoms with E-state index in [0.29, 0.717) is 23.4 Å².